The van der Waals surface area contributed by atoms with Gasteiger partial charge in [-0.3, -0.25) is 10.4 Å². The van der Waals surface area contributed by atoms with Gasteiger partial charge in [-0.05, 0) is 12.8 Å². The van der Waals surface area contributed by atoms with Crippen molar-refractivity contribution < 1.29 is 0 Å². The molecule has 1 aliphatic carbocycles. The monoisotopic (exact) mass is 152 g/mol. The first-order valence-electron chi connectivity index (χ1n) is 4.04. The Morgan fingerprint density at radius 2 is 2.36 bits per heavy atom. The summed E-state index contributed by atoms with van der Waals surface area (Å²) in [6, 6.07) is 0. The minimum Gasteiger partial charge on any atom is -0.255 e. The van der Waals surface area contributed by atoms with Crippen molar-refractivity contribution in [2.75, 3.05) is 20.6 Å². The van der Waals surface area contributed by atoms with Crippen LogP contribution >= 0.6 is 0 Å². The van der Waals surface area contributed by atoms with Gasteiger partial charge >= 0.3 is 0 Å². The van der Waals surface area contributed by atoms with E-state index in [1.807, 2.05) is 19.1 Å². The zero-order valence-electron chi connectivity index (χ0n) is 7.30. The summed E-state index contributed by atoms with van der Waals surface area (Å²) in [6.07, 6.45) is 8.84. The molecule has 0 saturated carbocycles. The molecule has 0 bridgehead atoms. The first kappa shape index (κ1) is 8.50. The van der Waals surface area contributed by atoms with E-state index >= 15 is 0 Å². The Labute approximate surface area is 68.6 Å². The second-order valence-electron chi connectivity index (χ2n) is 3.01. The summed E-state index contributed by atoms with van der Waals surface area (Å²) in [4.78, 5) is 0. The van der Waals surface area contributed by atoms with Crippen LogP contribution in [0.15, 0.2) is 23.8 Å². The zero-order chi connectivity index (χ0) is 8.10. The molecular formula is C9H16N2. The van der Waals surface area contributed by atoms with Gasteiger partial charge in [0.1, 0.15) is 0 Å². The molecule has 0 aromatic carbocycles. The average molecular weight is 152 g/mol. The van der Waals surface area contributed by atoms with Crippen molar-refractivity contribution in [3.63, 3.8) is 0 Å². The Balaban J connectivity index is 2.04. The molecule has 1 rings (SSSR count). The summed E-state index contributed by atoms with van der Waals surface area (Å²) in [5.41, 5.74) is 4.76. The number of rotatable bonds is 4. The lowest BCUT2D eigenvalue weighted by Crippen LogP contribution is -2.31. The largest absolute Gasteiger partial charge is 0.255 e. The molecule has 0 spiro atoms. The van der Waals surface area contributed by atoms with Gasteiger partial charge in [-0.2, -0.15) is 0 Å². The van der Waals surface area contributed by atoms with Gasteiger partial charge in [-0.15, -0.1) is 0 Å². The summed E-state index contributed by atoms with van der Waals surface area (Å²) < 4.78 is 0. The highest BCUT2D eigenvalue weighted by atomic mass is 15.5. The minimum absolute atomic E-state index is 1.04. The fourth-order valence-corrected chi connectivity index (χ4v) is 1.12. The van der Waals surface area contributed by atoms with Crippen LogP contribution in [0.4, 0.5) is 0 Å². The molecule has 2 heteroatoms. The van der Waals surface area contributed by atoms with E-state index in [0.29, 0.717) is 0 Å². The predicted molar refractivity (Wildman–Crippen MR) is 48.1 cm³/mol. The maximum absolute atomic E-state index is 3.24. The van der Waals surface area contributed by atoms with Crippen molar-refractivity contribution >= 4 is 0 Å². The highest BCUT2D eigenvalue weighted by Crippen LogP contribution is 2.12. The topological polar surface area (TPSA) is 15.3 Å². The van der Waals surface area contributed by atoms with E-state index in [-0.39, 0.29) is 0 Å². The lowest BCUT2D eigenvalue weighted by atomic mass is 10.2. The molecule has 0 saturated heterocycles. The van der Waals surface area contributed by atoms with Gasteiger partial charge in [0.2, 0.25) is 0 Å². The van der Waals surface area contributed by atoms with Gasteiger partial charge in [0, 0.05) is 20.6 Å². The van der Waals surface area contributed by atoms with Gasteiger partial charge in [-0.1, -0.05) is 23.8 Å². The highest BCUT2D eigenvalue weighted by Gasteiger charge is 1.98. The fourth-order valence-electron chi connectivity index (χ4n) is 1.12. The Morgan fingerprint density at radius 3 is 2.91 bits per heavy atom. The molecule has 2 nitrogen and oxygen atoms in total. The molecule has 0 fully saturated rings. The van der Waals surface area contributed by atoms with E-state index in [4.69, 9.17) is 0 Å². The minimum atomic E-state index is 1.04. The zero-order valence-corrected chi connectivity index (χ0v) is 7.30. The number of hydrogen-bond acceptors (Lipinski definition) is 2. The molecule has 0 radical (unpaired) electrons. The van der Waals surface area contributed by atoms with Crippen LogP contribution in [0.5, 0.6) is 0 Å². The van der Waals surface area contributed by atoms with Crippen molar-refractivity contribution in [3.05, 3.63) is 23.8 Å². The van der Waals surface area contributed by atoms with Crippen LogP contribution in [-0.2, 0) is 0 Å². The van der Waals surface area contributed by atoms with Crippen LogP contribution in [0.3, 0.4) is 0 Å². The molecule has 0 aromatic heterocycles. The fraction of sp³-hybridized carbons (Fsp3) is 0.556. The number of nitrogens with zero attached hydrogens (tertiary/aromatic N) is 1. The molecule has 1 N–H and O–H groups in total. The number of nitrogens with one attached hydrogen (secondary N) is 1. The third kappa shape index (κ3) is 3.35. The Kier molecular flexibility index (Phi) is 3.33. The van der Waals surface area contributed by atoms with E-state index < -0.39 is 0 Å². The first-order valence-corrected chi connectivity index (χ1v) is 4.04. The van der Waals surface area contributed by atoms with Crippen molar-refractivity contribution in [2.24, 2.45) is 0 Å². The van der Waals surface area contributed by atoms with Crippen LogP contribution in [-0.4, -0.2) is 25.6 Å². The van der Waals surface area contributed by atoms with Crippen LogP contribution in [0.2, 0.25) is 0 Å². The van der Waals surface area contributed by atoms with Crippen LogP contribution in [0.25, 0.3) is 0 Å². The number of hydrazine groups is 1. The first-order chi connectivity index (χ1) is 5.29. The third-order valence-electron chi connectivity index (χ3n) is 1.72. The van der Waals surface area contributed by atoms with Crippen molar-refractivity contribution in [1.29, 1.82) is 0 Å². The van der Waals surface area contributed by atoms with Gasteiger partial charge in [0.05, 0.1) is 0 Å². The Bertz CT molecular complexity index is 168. The lowest BCUT2D eigenvalue weighted by molar-refractivity contribution is 0.292. The molecule has 62 valence electrons. The Hall–Kier alpha value is -0.600. The van der Waals surface area contributed by atoms with Gasteiger partial charge in [0.15, 0.2) is 0 Å². The molecule has 0 heterocycles. The summed E-state index contributed by atoms with van der Waals surface area (Å²) in [7, 11) is 4.03. The number of allylic oxidation sites excluding steroid dienone is 3. The van der Waals surface area contributed by atoms with Crippen molar-refractivity contribution in [3.8, 4) is 0 Å². The lowest BCUT2D eigenvalue weighted by Gasteiger charge is -2.11. The van der Waals surface area contributed by atoms with E-state index in [1.165, 1.54) is 5.57 Å². The van der Waals surface area contributed by atoms with E-state index in [2.05, 4.69) is 23.7 Å². The summed E-state index contributed by atoms with van der Waals surface area (Å²) in [6.45, 7) is 1.04. The molecular weight excluding hydrogens is 136 g/mol. The van der Waals surface area contributed by atoms with Crippen molar-refractivity contribution in [1.82, 2.24) is 10.4 Å². The summed E-state index contributed by atoms with van der Waals surface area (Å²) >= 11 is 0. The summed E-state index contributed by atoms with van der Waals surface area (Å²) in [5.74, 6) is 0. The average Bonchev–Trinajstić information content (AvgIpc) is 2.39. The normalized spacial score (nSPS) is 16.1. The molecule has 0 aliphatic heterocycles. The maximum Gasteiger partial charge on any atom is 0.0139 e. The van der Waals surface area contributed by atoms with E-state index in [9.17, 15) is 0 Å². The standard InChI is InChI=1S/C9H16N2/c1-11(2)10-8-7-9-5-3-4-6-9/h3-5,10H,6-8H2,1-2H3. The SMILES string of the molecule is CN(C)NCCC1=CC=CC1. The number of hydrogen-bond donors (Lipinski definition) is 1. The second-order valence-corrected chi connectivity index (χ2v) is 3.01. The molecule has 11 heavy (non-hydrogen) atoms. The van der Waals surface area contributed by atoms with E-state index in [0.717, 1.165) is 19.4 Å². The summed E-state index contributed by atoms with van der Waals surface area (Å²) in [5, 5.41) is 1.99. The van der Waals surface area contributed by atoms with Crippen LogP contribution < -0.4 is 5.43 Å². The Morgan fingerprint density at radius 1 is 1.55 bits per heavy atom. The van der Waals surface area contributed by atoms with Gasteiger partial charge in [-0.25, -0.2) is 0 Å². The molecule has 0 atom stereocenters. The predicted octanol–water partition coefficient (Wildman–Crippen LogP) is 1.33. The van der Waals surface area contributed by atoms with Crippen molar-refractivity contribution in [2.45, 2.75) is 12.8 Å². The van der Waals surface area contributed by atoms with Gasteiger partial charge in [0.25, 0.3) is 0 Å². The third-order valence-corrected chi connectivity index (χ3v) is 1.72. The molecule has 0 unspecified atom stereocenters. The molecule has 0 aromatic rings. The highest BCUT2D eigenvalue weighted by molar-refractivity contribution is 5.22. The quantitative estimate of drug-likeness (QED) is 0.611. The molecule has 1 aliphatic rings. The van der Waals surface area contributed by atoms with Crippen LogP contribution in [0, 0.1) is 0 Å². The molecule has 0 amide bonds. The van der Waals surface area contributed by atoms with E-state index in [1.54, 1.807) is 0 Å². The second kappa shape index (κ2) is 4.31. The smallest absolute Gasteiger partial charge is 0.0139 e. The van der Waals surface area contributed by atoms with Gasteiger partial charge < -0.3 is 0 Å². The van der Waals surface area contributed by atoms with Crippen LogP contribution in [0.1, 0.15) is 12.8 Å². The maximum atomic E-state index is 3.24.